The van der Waals surface area contributed by atoms with Gasteiger partial charge in [0, 0.05) is 23.3 Å². The molecule has 0 heterocycles. The molecule has 1 N–H and O–H groups in total. The molecule has 0 unspecified atom stereocenters. The monoisotopic (exact) mass is 327 g/mol. The molecule has 120 valence electrons. The molecular formula is C21H15Li2NO2-2. The van der Waals surface area contributed by atoms with E-state index in [9.17, 15) is 10.2 Å². The summed E-state index contributed by atoms with van der Waals surface area (Å²) in [5.41, 5.74) is 2.78. The summed E-state index contributed by atoms with van der Waals surface area (Å²) >= 11 is 0. The predicted octanol–water partition coefficient (Wildman–Crippen LogP) is 0.768. The summed E-state index contributed by atoms with van der Waals surface area (Å²) in [6, 6.07) is 21.2. The first-order valence-corrected chi connectivity index (χ1v) is 7.54. The summed E-state index contributed by atoms with van der Waals surface area (Å²) in [5, 5.41) is 23.5. The minimum Gasteiger partial charge on any atom is -1.00 e. The van der Waals surface area contributed by atoms with E-state index < -0.39 is 0 Å². The van der Waals surface area contributed by atoms with Crippen molar-refractivity contribution in [3.8, 4) is 11.5 Å². The third-order valence-corrected chi connectivity index (χ3v) is 3.53. The van der Waals surface area contributed by atoms with E-state index in [1.807, 2.05) is 36.4 Å². The molecule has 4 radical (unpaired) electrons. The summed E-state index contributed by atoms with van der Waals surface area (Å²) in [6.07, 6.45) is 6.48. The van der Waals surface area contributed by atoms with Crippen molar-refractivity contribution < 1.29 is 15.2 Å². The Hall–Kier alpha value is -2.23. The Bertz CT molecular complexity index is 833. The second-order valence-electron chi connectivity index (χ2n) is 5.20. The molecule has 0 spiro atoms. The second kappa shape index (κ2) is 10.7. The van der Waals surface area contributed by atoms with E-state index in [4.69, 9.17) is 0 Å². The van der Waals surface area contributed by atoms with Gasteiger partial charge in [-0.15, -0.1) is 0 Å². The van der Waals surface area contributed by atoms with Crippen LogP contribution in [-0.2, 0) is 0 Å². The fourth-order valence-electron chi connectivity index (χ4n) is 2.25. The van der Waals surface area contributed by atoms with Gasteiger partial charge in [-0.3, -0.25) is 0 Å². The molecule has 0 saturated carbocycles. The van der Waals surface area contributed by atoms with E-state index >= 15 is 0 Å². The van der Waals surface area contributed by atoms with Crippen LogP contribution in [0.5, 0.6) is 11.5 Å². The average Bonchev–Trinajstić information content (AvgIpc) is 2.61. The van der Waals surface area contributed by atoms with Crippen LogP contribution in [0.2, 0.25) is 0 Å². The normalized spacial score (nSPS) is 10.2. The van der Waals surface area contributed by atoms with Crippen LogP contribution in [0.15, 0.2) is 72.8 Å². The van der Waals surface area contributed by atoms with Crippen LogP contribution in [0.4, 0.5) is 5.69 Å². The summed E-state index contributed by atoms with van der Waals surface area (Å²) in [4.78, 5) is 3.14. The summed E-state index contributed by atoms with van der Waals surface area (Å²) in [7, 11) is 0. The zero-order valence-corrected chi connectivity index (χ0v) is 14.9. The van der Waals surface area contributed by atoms with Gasteiger partial charge in [0.05, 0.1) is 12.1 Å². The Labute approximate surface area is 177 Å². The molecule has 0 amide bonds. The van der Waals surface area contributed by atoms with Gasteiger partial charge in [-0.25, -0.2) is 0 Å². The van der Waals surface area contributed by atoms with Crippen LogP contribution in [0.25, 0.3) is 6.08 Å². The van der Waals surface area contributed by atoms with Gasteiger partial charge in [0.2, 0.25) is 5.56 Å². The Balaban J connectivity index is 0.00000169. The topological polar surface area (TPSA) is 60.1 Å². The van der Waals surface area contributed by atoms with Crippen molar-refractivity contribution in [3.05, 3.63) is 95.6 Å². The van der Waals surface area contributed by atoms with Crippen LogP contribution >= 0.6 is 0 Å². The van der Waals surface area contributed by atoms with Crippen LogP contribution < -0.4 is 15.2 Å². The van der Waals surface area contributed by atoms with Crippen molar-refractivity contribution in [2.45, 2.75) is 0 Å². The quantitative estimate of drug-likeness (QED) is 0.333. The van der Waals surface area contributed by atoms with Crippen molar-refractivity contribution >= 4 is 55.7 Å². The molecule has 26 heavy (non-hydrogen) atoms. The van der Waals surface area contributed by atoms with Crippen LogP contribution in [0.1, 0.15) is 16.7 Å². The molecule has 3 aromatic rings. The third-order valence-electron chi connectivity index (χ3n) is 3.53. The predicted molar refractivity (Wildman–Crippen MR) is 102 cm³/mol. The summed E-state index contributed by atoms with van der Waals surface area (Å²) in [6.45, 7) is 0. The SMILES string of the molecule is [Li-].[Li-].[O-]c1ccccc1C=[C+]c1ccccc1[NH+]=Cc1ccccc1[O-]. The van der Waals surface area contributed by atoms with E-state index in [0.717, 1.165) is 11.3 Å². The van der Waals surface area contributed by atoms with Crippen LogP contribution in [0.3, 0.4) is 0 Å². The van der Waals surface area contributed by atoms with Crippen molar-refractivity contribution in [2.24, 2.45) is 0 Å². The Kier molecular flexibility index (Phi) is 8.97. The average molecular weight is 327 g/mol. The maximum absolute atomic E-state index is 11.7. The van der Waals surface area contributed by atoms with E-state index in [0.29, 0.717) is 11.1 Å². The number of rotatable bonds is 4. The van der Waals surface area contributed by atoms with Gasteiger partial charge in [-0.1, -0.05) is 47.9 Å². The number of hydrogen-bond acceptors (Lipinski definition) is 2. The van der Waals surface area contributed by atoms with Crippen molar-refractivity contribution in [3.63, 3.8) is 0 Å². The van der Waals surface area contributed by atoms with Gasteiger partial charge in [0.1, 0.15) is 0 Å². The molecule has 0 aliphatic heterocycles. The molecule has 0 bridgehead atoms. The molecule has 5 heteroatoms. The molecule has 0 fully saturated rings. The van der Waals surface area contributed by atoms with E-state index in [2.05, 4.69) is 11.1 Å². The fraction of sp³-hybridized carbons (Fsp3) is 0. The van der Waals surface area contributed by atoms with Gasteiger partial charge >= 0.3 is 0 Å². The Morgan fingerprint density at radius 2 is 1.23 bits per heavy atom. The van der Waals surface area contributed by atoms with Gasteiger partial charge in [0.25, 0.3) is 5.69 Å². The van der Waals surface area contributed by atoms with Gasteiger partial charge in [-0.2, -0.15) is 4.99 Å². The van der Waals surface area contributed by atoms with Crippen molar-refractivity contribution in [1.29, 1.82) is 0 Å². The molecule has 0 atom stereocenters. The third kappa shape index (κ3) is 5.65. The number of benzene rings is 3. The van der Waals surface area contributed by atoms with Crippen LogP contribution in [-0.4, -0.2) is 43.9 Å². The molecule has 3 nitrogen and oxygen atoms in total. The summed E-state index contributed by atoms with van der Waals surface area (Å²) < 4.78 is 0. The molecule has 0 saturated heterocycles. The van der Waals surface area contributed by atoms with Crippen molar-refractivity contribution in [1.82, 2.24) is 0 Å². The van der Waals surface area contributed by atoms with Crippen molar-refractivity contribution in [2.75, 3.05) is 0 Å². The smallest absolute Gasteiger partial charge is 0.295 e. The molecular weight excluding hydrogens is 312 g/mol. The first kappa shape index (κ1) is 21.8. The van der Waals surface area contributed by atoms with Gasteiger partial charge in [-0.05, 0) is 24.3 Å². The van der Waals surface area contributed by atoms with Gasteiger partial charge < -0.3 is 47.9 Å². The minimum atomic E-state index is -0.0396. The first-order valence-electron chi connectivity index (χ1n) is 7.54. The minimum absolute atomic E-state index is 0. The zero-order chi connectivity index (χ0) is 16.8. The number of nitrogens with one attached hydrogen (secondary N) is 1. The Morgan fingerprint density at radius 3 is 1.88 bits per heavy atom. The van der Waals surface area contributed by atoms with Gasteiger partial charge in [0.15, 0.2) is 6.21 Å². The van der Waals surface area contributed by atoms with Crippen LogP contribution in [0, 0.1) is 6.08 Å². The zero-order valence-electron chi connectivity index (χ0n) is 14.9. The standard InChI is InChI=1S/C21H15NO2.2Li/c23-20-11-5-2-8-17(20)14-13-16-7-1-4-10-19(16)22-15-18-9-3-6-12-21(18)24;;/h1-12,14-15H,(H-,22,23,24);;/q;2*-1. The first-order chi connectivity index (χ1) is 11.7. The fourth-order valence-corrected chi connectivity index (χ4v) is 2.25. The van der Waals surface area contributed by atoms with E-state index in [-0.39, 0.29) is 49.2 Å². The Morgan fingerprint density at radius 1 is 0.692 bits per heavy atom. The number of para-hydroxylation sites is 3. The molecule has 0 aromatic heterocycles. The summed E-state index contributed by atoms with van der Waals surface area (Å²) in [5.74, 6) is -0.0791. The van der Waals surface area contributed by atoms with E-state index in [1.54, 1.807) is 36.6 Å². The molecule has 0 aliphatic rings. The molecule has 3 rings (SSSR count). The molecule has 3 aromatic carbocycles. The largest absolute Gasteiger partial charge is 1.00 e. The molecule has 0 aliphatic carbocycles. The maximum atomic E-state index is 11.7. The van der Waals surface area contributed by atoms with E-state index in [1.165, 1.54) is 12.1 Å². The maximum Gasteiger partial charge on any atom is 0.295 e. The second-order valence-corrected chi connectivity index (χ2v) is 5.20. The number of hydrogen-bond donors (Lipinski definition) is 1.